The summed E-state index contributed by atoms with van der Waals surface area (Å²) in [7, 11) is -6.51. The maximum Gasteiger partial charge on any atom is 0.261 e. The molecule has 42 heavy (non-hydrogen) atoms. The number of ether oxygens (including phenoxy) is 1. The molecule has 4 rings (SSSR count). The van der Waals surface area contributed by atoms with Crippen LogP contribution in [0, 0.1) is 11.7 Å². The molecule has 226 valence electrons. The normalized spacial score (nSPS) is 18.8. The summed E-state index contributed by atoms with van der Waals surface area (Å²) >= 11 is 0. The lowest BCUT2D eigenvalue weighted by Gasteiger charge is -2.33. The Kier molecular flexibility index (Phi) is 9.56. The first kappa shape index (κ1) is 31.4. The molecule has 0 fully saturated rings. The molecule has 2 N–H and O–H groups in total. The predicted octanol–water partition coefficient (Wildman–Crippen LogP) is 3.10. The van der Waals surface area contributed by atoms with E-state index in [1.165, 1.54) is 48.3 Å². The van der Waals surface area contributed by atoms with Gasteiger partial charge in [-0.25, -0.2) is 21.2 Å². The molecule has 1 aliphatic rings. The van der Waals surface area contributed by atoms with Crippen LogP contribution in [0.3, 0.4) is 0 Å². The Balaban J connectivity index is 1.68. The van der Waals surface area contributed by atoms with Crippen LogP contribution >= 0.6 is 0 Å². The Morgan fingerprint density at radius 2 is 1.71 bits per heavy atom. The first-order valence-electron chi connectivity index (χ1n) is 13.3. The Bertz CT molecular complexity index is 1620. The molecule has 0 aromatic heterocycles. The number of amides is 1. The Labute approximate surface area is 245 Å². The van der Waals surface area contributed by atoms with E-state index in [1.807, 2.05) is 6.92 Å². The Morgan fingerprint density at radius 3 is 2.36 bits per heavy atom. The molecule has 0 bridgehead atoms. The molecular weight excluding hydrogens is 585 g/mol. The standard InChI is InChI=1S/C29H34FN3O7S2/c1-20-17-33(21(2)19-34)29(35)16-22-15-24(31-41(36,37)25-7-5-4-6-8-25)11-14-27(22)40-28(20)18-32(3)42(38,39)26-12-9-23(30)10-13-26/h4-15,20-21,28,31,34H,16-19H2,1-3H3/t20-,21+,28-/m1/s1. The number of hydrogen-bond donors (Lipinski definition) is 2. The minimum atomic E-state index is -4.00. The molecule has 1 amide bonds. The van der Waals surface area contributed by atoms with Gasteiger partial charge in [0.2, 0.25) is 15.9 Å². The second-order valence-corrected chi connectivity index (χ2v) is 14.1. The summed E-state index contributed by atoms with van der Waals surface area (Å²) in [5, 5.41) is 9.85. The maximum absolute atomic E-state index is 13.4. The van der Waals surface area contributed by atoms with Gasteiger partial charge in [-0.2, -0.15) is 4.31 Å². The zero-order chi connectivity index (χ0) is 30.7. The Hall–Kier alpha value is -3.52. The molecule has 0 radical (unpaired) electrons. The first-order chi connectivity index (χ1) is 19.8. The summed E-state index contributed by atoms with van der Waals surface area (Å²) in [4.78, 5) is 14.9. The number of fused-ring (bicyclic) bond motifs is 1. The summed E-state index contributed by atoms with van der Waals surface area (Å²) in [5.41, 5.74) is 0.613. The average molecular weight is 620 g/mol. The van der Waals surface area contributed by atoms with Gasteiger partial charge in [0.1, 0.15) is 17.7 Å². The van der Waals surface area contributed by atoms with E-state index in [0.29, 0.717) is 11.3 Å². The van der Waals surface area contributed by atoms with E-state index in [-0.39, 0.29) is 53.4 Å². The fourth-order valence-electron chi connectivity index (χ4n) is 4.66. The number of sulfonamides is 2. The highest BCUT2D eigenvalue weighted by atomic mass is 32.2. The van der Waals surface area contributed by atoms with Crippen molar-refractivity contribution in [3.05, 3.63) is 84.2 Å². The van der Waals surface area contributed by atoms with E-state index in [9.17, 15) is 31.1 Å². The monoisotopic (exact) mass is 619 g/mol. The van der Waals surface area contributed by atoms with Gasteiger partial charge in [-0.05, 0) is 61.5 Å². The zero-order valence-corrected chi connectivity index (χ0v) is 25.1. The van der Waals surface area contributed by atoms with Crippen LogP contribution in [-0.4, -0.2) is 75.9 Å². The third-order valence-corrected chi connectivity index (χ3v) is 10.4. The smallest absolute Gasteiger partial charge is 0.261 e. The van der Waals surface area contributed by atoms with Crippen LogP contribution in [0.1, 0.15) is 19.4 Å². The second kappa shape index (κ2) is 12.8. The molecule has 3 atom stereocenters. The minimum Gasteiger partial charge on any atom is -0.488 e. The molecule has 0 saturated heterocycles. The maximum atomic E-state index is 13.4. The number of aliphatic hydroxyl groups excluding tert-OH is 1. The predicted molar refractivity (Wildman–Crippen MR) is 155 cm³/mol. The number of likely N-dealkylation sites (N-methyl/N-ethyl adjacent to an activating group) is 1. The lowest BCUT2D eigenvalue weighted by atomic mass is 10.0. The van der Waals surface area contributed by atoms with Crippen LogP contribution in [0.2, 0.25) is 0 Å². The molecule has 3 aromatic carbocycles. The van der Waals surface area contributed by atoms with Crippen molar-refractivity contribution in [2.45, 2.75) is 42.2 Å². The molecule has 0 aliphatic carbocycles. The van der Waals surface area contributed by atoms with Gasteiger partial charge in [0.15, 0.2) is 0 Å². The van der Waals surface area contributed by atoms with E-state index in [4.69, 9.17) is 4.74 Å². The third-order valence-electron chi connectivity index (χ3n) is 7.18. The molecule has 3 aromatic rings. The molecule has 13 heteroatoms. The molecule has 0 saturated carbocycles. The van der Waals surface area contributed by atoms with Crippen molar-refractivity contribution in [3.8, 4) is 5.75 Å². The van der Waals surface area contributed by atoms with E-state index in [2.05, 4.69) is 4.72 Å². The molecule has 1 heterocycles. The van der Waals surface area contributed by atoms with Crippen molar-refractivity contribution < 1.29 is 35.9 Å². The lowest BCUT2D eigenvalue weighted by Crippen LogP contribution is -2.48. The molecular formula is C29H34FN3O7S2. The van der Waals surface area contributed by atoms with Crippen LogP contribution in [-0.2, 0) is 31.3 Å². The van der Waals surface area contributed by atoms with Gasteiger partial charge < -0.3 is 14.7 Å². The summed E-state index contributed by atoms with van der Waals surface area (Å²) in [5.74, 6) is -0.941. The van der Waals surface area contributed by atoms with Crippen molar-refractivity contribution in [1.82, 2.24) is 9.21 Å². The second-order valence-electron chi connectivity index (χ2n) is 10.4. The van der Waals surface area contributed by atoms with Crippen molar-refractivity contribution >= 4 is 31.6 Å². The van der Waals surface area contributed by atoms with E-state index in [0.717, 1.165) is 16.4 Å². The van der Waals surface area contributed by atoms with Crippen molar-refractivity contribution in [2.75, 3.05) is 31.5 Å². The van der Waals surface area contributed by atoms with E-state index >= 15 is 0 Å². The quantitative estimate of drug-likeness (QED) is 0.376. The fraction of sp³-hybridized carbons (Fsp3) is 0.345. The minimum absolute atomic E-state index is 0.0723. The number of halogens is 1. The highest BCUT2D eigenvalue weighted by molar-refractivity contribution is 7.92. The molecule has 1 aliphatic heterocycles. The number of benzene rings is 3. The highest BCUT2D eigenvalue weighted by Crippen LogP contribution is 2.30. The molecule has 0 spiro atoms. The number of carbonyl (C=O) groups is 1. The summed E-state index contributed by atoms with van der Waals surface area (Å²) < 4.78 is 75.7. The van der Waals surface area contributed by atoms with Gasteiger partial charge in [0.05, 0.1) is 35.4 Å². The van der Waals surface area contributed by atoms with E-state index in [1.54, 1.807) is 31.2 Å². The van der Waals surface area contributed by atoms with E-state index < -0.39 is 38.0 Å². The van der Waals surface area contributed by atoms with Crippen molar-refractivity contribution in [2.24, 2.45) is 5.92 Å². The number of carbonyl (C=O) groups excluding carboxylic acids is 1. The average Bonchev–Trinajstić information content (AvgIpc) is 3.00. The molecule has 10 nitrogen and oxygen atoms in total. The van der Waals surface area contributed by atoms with Gasteiger partial charge in [0.25, 0.3) is 10.0 Å². The van der Waals surface area contributed by atoms with Crippen LogP contribution in [0.25, 0.3) is 0 Å². The first-order valence-corrected chi connectivity index (χ1v) is 16.2. The number of hydrogen-bond acceptors (Lipinski definition) is 7. The van der Waals surface area contributed by atoms with Crippen molar-refractivity contribution in [1.29, 1.82) is 0 Å². The topological polar surface area (TPSA) is 133 Å². The Morgan fingerprint density at radius 1 is 1.05 bits per heavy atom. The van der Waals surface area contributed by atoms with Crippen LogP contribution in [0.15, 0.2) is 82.6 Å². The fourth-order valence-corrected chi connectivity index (χ4v) is 6.92. The number of nitrogens with zero attached hydrogens (tertiary/aromatic N) is 2. The largest absolute Gasteiger partial charge is 0.488 e. The summed E-state index contributed by atoms with van der Waals surface area (Å²) in [6.07, 6.45) is -0.876. The van der Waals surface area contributed by atoms with Gasteiger partial charge >= 0.3 is 0 Å². The lowest BCUT2D eigenvalue weighted by molar-refractivity contribution is -0.134. The summed E-state index contributed by atoms with van der Waals surface area (Å²) in [6.45, 7) is 3.32. The van der Waals surface area contributed by atoms with Crippen molar-refractivity contribution in [3.63, 3.8) is 0 Å². The highest BCUT2D eigenvalue weighted by Gasteiger charge is 2.33. The number of nitrogens with one attached hydrogen (secondary N) is 1. The van der Waals surface area contributed by atoms with Gasteiger partial charge in [-0.15, -0.1) is 0 Å². The number of anilines is 1. The van der Waals surface area contributed by atoms with Crippen LogP contribution in [0.5, 0.6) is 5.75 Å². The van der Waals surface area contributed by atoms with Gasteiger partial charge in [-0.1, -0.05) is 25.1 Å². The molecule has 0 unspecified atom stereocenters. The SMILES string of the molecule is C[C@@H]1CN([C@@H](C)CO)C(=O)Cc2cc(NS(=O)(=O)c3ccccc3)ccc2O[C@@H]1CN(C)S(=O)(=O)c1ccc(F)cc1. The summed E-state index contributed by atoms with van der Waals surface area (Å²) in [6, 6.07) is 16.4. The number of aliphatic hydroxyl groups is 1. The van der Waals surface area contributed by atoms with Crippen LogP contribution in [0.4, 0.5) is 10.1 Å². The van der Waals surface area contributed by atoms with Crippen LogP contribution < -0.4 is 9.46 Å². The number of rotatable bonds is 9. The zero-order valence-electron chi connectivity index (χ0n) is 23.5. The third kappa shape index (κ3) is 7.09. The van der Waals surface area contributed by atoms with Gasteiger partial charge in [-0.3, -0.25) is 9.52 Å². The van der Waals surface area contributed by atoms with Gasteiger partial charge in [0, 0.05) is 30.8 Å².